The average molecular weight is 526 g/mol. The lowest BCUT2D eigenvalue weighted by Gasteiger charge is -2.09. The molecule has 8 nitrogen and oxygen atoms in total. The molecule has 38 heavy (non-hydrogen) atoms. The van der Waals surface area contributed by atoms with E-state index in [9.17, 15) is 4.79 Å². The van der Waals surface area contributed by atoms with E-state index in [-0.39, 0.29) is 11.8 Å². The van der Waals surface area contributed by atoms with Crippen LogP contribution < -0.4 is 5.32 Å². The maximum absolute atomic E-state index is 16.1. The van der Waals surface area contributed by atoms with E-state index in [4.69, 9.17) is 4.98 Å². The third-order valence-electron chi connectivity index (χ3n) is 6.19. The number of nitrogens with zero attached hydrogens (tertiary/aromatic N) is 4. The topological polar surface area (TPSA) is 112 Å². The van der Waals surface area contributed by atoms with Gasteiger partial charge in [-0.05, 0) is 49.2 Å². The molecule has 0 saturated carbocycles. The van der Waals surface area contributed by atoms with Crippen molar-refractivity contribution < 1.29 is 9.18 Å². The van der Waals surface area contributed by atoms with Gasteiger partial charge in [0.25, 0.3) is 0 Å². The Kier molecular flexibility index (Phi) is 5.96. The molecule has 3 N–H and O–H groups in total. The van der Waals surface area contributed by atoms with Crippen LogP contribution in [0.2, 0.25) is 0 Å². The molecule has 10 heteroatoms. The Morgan fingerprint density at radius 1 is 1.11 bits per heavy atom. The van der Waals surface area contributed by atoms with E-state index in [0.29, 0.717) is 51.2 Å². The van der Waals surface area contributed by atoms with Gasteiger partial charge >= 0.3 is 0 Å². The Morgan fingerprint density at radius 3 is 2.76 bits per heavy atom. The van der Waals surface area contributed by atoms with Gasteiger partial charge in [0.15, 0.2) is 5.82 Å². The number of anilines is 1. The monoisotopic (exact) mass is 525 g/mol. The molecule has 0 saturated heterocycles. The van der Waals surface area contributed by atoms with E-state index in [1.165, 1.54) is 4.88 Å². The van der Waals surface area contributed by atoms with Crippen molar-refractivity contribution in [3.63, 3.8) is 0 Å². The molecule has 0 aliphatic heterocycles. The second kappa shape index (κ2) is 9.46. The molecule has 0 unspecified atom stereocenters. The van der Waals surface area contributed by atoms with E-state index in [0.717, 1.165) is 16.1 Å². The molecule has 0 aliphatic carbocycles. The summed E-state index contributed by atoms with van der Waals surface area (Å²) in [6.07, 6.45) is 5.25. The van der Waals surface area contributed by atoms with Crippen molar-refractivity contribution in [2.24, 2.45) is 5.92 Å². The van der Waals surface area contributed by atoms with Gasteiger partial charge in [0.05, 0.1) is 33.2 Å². The lowest BCUT2D eigenvalue weighted by atomic mass is 10.0. The van der Waals surface area contributed by atoms with Crippen molar-refractivity contribution in [1.82, 2.24) is 30.1 Å². The fourth-order valence-corrected chi connectivity index (χ4v) is 5.36. The number of hydrogen-bond donors (Lipinski definition) is 3. The van der Waals surface area contributed by atoms with Crippen LogP contribution in [-0.2, 0) is 4.79 Å². The minimum Gasteiger partial charge on any atom is -0.336 e. The van der Waals surface area contributed by atoms with Crippen molar-refractivity contribution in [2.75, 3.05) is 5.32 Å². The summed E-state index contributed by atoms with van der Waals surface area (Å²) in [6.45, 7) is 6.00. The minimum atomic E-state index is -0.452. The zero-order valence-electron chi connectivity index (χ0n) is 21.0. The van der Waals surface area contributed by atoms with Gasteiger partial charge in [0.1, 0.15) is 22.7 Å². The largest absolute Gasteiger partial charge is 0.336 e. The quantitative estimate of drug-likeness (QED) is 0.223. The number of fused-ring (bicyclic) bond motifs is 2. The number of halogens is 1. The number of pyridine rings is 2. The molecule has 1 amide bonds. The van der Waals surface area contributed by atoms with E-state index in [2.05, 4.69) is 30.5 Å². The van der Waals surface area contributed by atoms with Crippen LogP contribution in [-0.4, -0.2) is 36.0 Å². The van der Waals surface area contributed by atoms with Crippen molar-refractivity contribution in [3.05, 3.63) is 65.7 Å². The molecule has 190 valence electrons. The lowest BCUT2D eigenvalue weighted by Crippen LogP contribution is -2.14. The van der Waals surface area contributed by atoms with Gasteiger partial charge in [0.2, 0.25) is 5.91 Å². The van der Waals surface area contributed by atoms with Crippen molar-refractivity contribution >= 4 is 44.9 Å². The smallest absolute Gasteiger partial charge is 0.224 e. The fraction of sp³-hybridized carbons (Fsp3) is 0.179. The standard InChI is InChI=1S/C28H24FN7OS/c1-14(2)10-22(37)32-17-11-16(12-30-13-17)18-5-6-19-23(24(18)29)27(36-35-19)28-33-20-8-9-31-26(25(20)34-28)21-7-4-15(3)38-21/h4-9,11-14H,10H2,1-3H3,(H,32,37)(H,33,34)(H,35,36). The number of aryl methyl sites for hydroxylation is 1. The molecular formula is C28H24FN7OS. The second-order valence-corrected chi connectivity index (χ2v) is 10.9. The number of H-pyrrole nitrogens is 2. The highest BCUT2D eigenvalue weighted by Crippen LogP contribution is 2.36. The zero-order valence-corrected chi connectivity index (χ0v) is 21.8. The van der Waals surface area contributed by atoms with Crippen LogP contribution in [0.25, 0.3) is 55.2 Å². The Balaban J connectivity index is 1.42. The summed E-state index contributed by atoms with van der Waals surface area (Å²) >= 11 is 1.64. The average Bonchev–Trinajstić information content (AvgIpc) is 3.61. The molecule has 6 aromatic rings. The maximum Gasteiger partial charge on any atom is 0.224 e. The number of aromatic amines is 2. The number of hydrogen-bond acceptors (Lipinski definition) is 6. The summed E-state index contributed by atoms with van der Waals surface area (Å²) < 4.78 is 16.1. The minimum absolute atomic E-state index is 0.108. The normalized spacial score (nSPS) is 11.6. The second-order valence-electron chi connectivity index (χ2n) is 9.58. The third kappa shape index (κ3) is 4.32. The number of nitrogens with one attached hydrogen (secondary N) is 3. The predicted molar refractivity (Wildman–Crippen MR) is 148 cm³/mol. The number of carbonyl (C=O) groups excluding carboxylic acids is 1. The first-order chi connectivity index (χ1) is 18.4. The molecule has 0 fully saturated rings. The summed E-state index contributed by atoms with van der Waals surface area (Å²) in [6, 6.07) is 11.1. The van der Waals surface area contributed by atoms with E-state index >= 15 is 4.39 Å². The molecule has 6 rings (SSSR count). The Labute approximate surface area is 221 Å². The van der Waals surface area contributed by atoms with Crippen LogP contribution in [0.5, 0.6) is 0 Å². The molecule has 5 aromatic heterocycles. The van der Waals surface area contributed by atoms with E-state index in [1.807, 2.05) is 39.0 Å². The van der Waals surface area contributed by atoms with Gasteiger partial charge < -0.3 is 10.3 Å². The van der Waals surface area contributed by atoms with Gasteiger partial charge in [-0.25, -0.2) is 9.37 Å². The SMILES string of the molecule is Cc1ccc(-c2nccc3[nH]c(-c4n[nH]c5ccc(-c6cncc(NC(=O)CC(C)C)c6)c(F)c45)nc23)s1. The molecule has 0 radical (unpaired) electrons. The number of carbonyl (C=O) groups is 1. The number of amides is 1. The summed E-state index contributed by atoms with van der Waals surface area (Å²) in [4.78, 5) is 31.3. The number of imidazole rings is 1. The molecule has 0 bridgehead atoms. The molecule has 0 spiro atoms. The Morgan fingerprint density at radius 2 is 1.97 bits per heavy atom. The van der Waals surface area contributed by atoms with Crippen molar-refractivity contribution in [2.45, 2.75) is 27.2 Å². The zero-order chi connectivity index (χ0) is 26.4. The molecular weight excluding hydrogens is 501 g/mol. The maximum atomic E-state index is 16.1. The highest BCUT2D eigenvalue weighted by molar-refractivity contribution is 7.15. The van der Waals surface area contributed by atoms with Crippen LogP contribution in [0, 0.1) is 18.7 Å². The first-order valence-corrected chi connectivity index (χ1v) is 13.0. The van der Waals surface area contributed by atoms with Gasteiger partial charge in [-0.1, -0.05) is 13.8 Å². The summed E-state index contributed by atoms with van der Waals surface area (Å²) in [7, 11) is 0. The van der Waals surface area contributed by atoms with Crippen molar-refractivity contribution in [3.8, 4) is 33.2 Å². The van der Waals surface area contributed by atoms with Crippen LogP contribution >= 0.6 is 11.3 Å². The van der Waals surface area contributed by atoms with Gasteiger partial charge in [-0.15, -0.1) is 11.3 Å². The first kappa shape index (κ1) is 23.9. The highest BCUT2D eigenvalue weighted by atomic mass is 32.1. The number of thiophene rings is 1. The van der Waals surface area contributed by atoms with E-state index in [1.54, 1.807) is 48.1 Å². The van der Waals surface area contributed by atoms with Crippen LogP contribution in [0.3, 0.4) is 0 Å². The number of benzene rings is 1. The first-order valence-electron chi connectivity index (χ1n) is 12.2. The predicted octanol–water partition coefficient (Wildman–Crippen LogP) is 6.72. The van der Waals surface area contributed by atoms with Crippen LogP contribution in [0.15, 0.2) is 55.0 Å². The Bertz CT molecular complexity index is 1820. The van der Waals surface area contributed by atoms with E-state index < -0.39 is 5.82 Å². The summed E-state index contributed by atoms with van der Waals surface area (Å²) in [5, 5.41) is 10.5. The van der Waals surface area contributed by atoms with Crippen molar-refractivity contribution in [1.29, 1.82) is 0 Å². The van der Waals surface area contributed by atoms with Gasteiger partial charge in [-0.3, -0.25) is 19.9 Å². The molecule has 0 aliphatic rings. The molecule has 1 aromatic carbocycles. The van der Waals surface area contributed by atoms with Gasteiger partial charge in [-0.2, -0.15) is 5.10 Å². The summed E-state index contributed by atoms with van der Waals surface area (Å²) in [5.74, 6) is 0.109. The summed E-state index contributed by atoms with van der Waals surface area (Å²) in [5.41, 5.74) is 4.58. The highest BCUT2D eigenvalue weighted by Gasteiger charge is 2.21. The third-order valence-corrected chi connectivity index (χ3v) is 7.20. The molecule has 0 atom stereocenters. The molecule has 5 heterocycles. The Hall–Kier alpha value is -4.44. The fourth-order valence-electron chi connectivity index (χ4n) is 4.50. The lowest BCUT2D eigenvalue weighted by molar-refractivity contribution is -0.116. The van der Waals surface area contributed by atoms with Crippen LogP contribution in [0.4, 0.5) is 10.1 Å². The number of rotatable bonds is 6. The number of aromatic nitrogens is 6. The van der Waals surface area contributed by atoms with Gasteiger partial charge in [0, 0.05) is 34.8 Å². The van der Waals surface area contributed by atoms with Crippen LogP contribution in [0.1, 0.15) is 25.1 Å².